The van der Waals surface area contributed by atoms with Gasteiger partial charge in [-0.1, -0.05) is 12.1 Å². The van der Waals surface area contributed by atoms with Crippen LogP contribution in [0.3, 0.4) is 0 Å². The quantitative estimate of drug-likeness (QED) is 0.884. The molecule has 1 aromatic carbocycles. The second-order valence-corrected chi connectivity index (χ2v) is 6.72. The minimum Gasteiger partial charge on any atom is -0.327 e. The minimum atomic E-state index is 0.454. The molecule has 1 saturated heterocycles. The van der Waals surface area contributed by atoms with Crippen molar-refractivity contribution in [3.63, 3.8) is 0 Å². The number of hydrogen-bond acceptors (Lipinski definition) is 2. The van der Waals surface area contributed by atoms with Crippen LogP contribution in [0.5, 0.6) is 0 Å². The Morgan fingerprint density at radius 3 is 2.53 bits per heavy atom. The maximum Gasteiger partial charge on any atom is 0.0236 e. The van der Waals surface area contributed by atoms with E-state index < -0.39 is 0 Å². The number of nitrogens with zero attached hydrogens (tertiary/aromatic N) is 1. The smallest absolute Gasteiger partial charge is 0.0236 e. The molecule has 1 aromatic rings. The van der Waals surface area contributed by atoms with Crippen LogP contribution in [0.1, 0.15) is 35.1 Å². The van der Waals surface area contributed by atoms with Gasteiger partial charge in [0.2, 0.25) is 0 Å². The predicted octanol–water partition coefficient (Wildman–Crippen LogP) is 2.78. The number of rotatable bonds is 2. The molecule has 1 aliphatic heterocycles. The van der Waals surface area contributed by atoms with Crippen LogP contribution in [-0.2, 0) is 6.54 Å². The third-order valence-corrected chi connectivity index (χ3v) is 5.33. The summed E-state index contributed by atoms with van der Waals surface area (Å²) in [5.41, 5.74) is 12.0. The number of hydrogen-bond donors (Lipinski definition) is 1. The summed E-state index contributed by atoms with van der Waals surface area (Å²) < 4.78 is 0. The summed E-state index contributed by atoms with van der Waals surface area (Å²) in [5, 5.41) is 0. The fraction of sp³-hybridized carbons (Fsp3) is 0.647. The minimum absolute atomic E-state index is 0.454. The zero-order valence-corrected chi connectivity index (χ0v) is 12.4. The Bertz CT molecular complexity index is 480. The van der Waals surface area contributed by atoms with E-state index in [2.05, 4.69) is 37.8 Å². The Hall–Kier alpha value is -0.860. The van der Waals surface area contributed by atoms with Crippen LogP contribution in [0, 0.1) is 32.6 Å². The van der Waals surface area contributed by atoms with Crippen molar-refractivity contribution in [2.24, 2.45) is 17.6 Å². The van der Waals surface area contributed by atoms with Crippen molar-refractivity contribution in [2.45, 2.75) is 46.2 Å². The van der Waals surface area contributed by atoms with Gasteiger partial charge in [-0.25, -0.2) is 0 Å². The van der Waals surface area contributed by atoms with Crippen molar-refractivity contribution in [3.05, 3.63) is 34.4 Å². The van der Waals surface area contributed by atoms with Crippen LogP contribution in [-0.4, -0.2) is 24.0 Å². The highest BCUT2D eigenvalue weighted by atomic mass is 15.2. The summed E-state index contributed by atoms with van der Waals surface area (Å²) in [5.74, 6) is 1.62. The first kappa shape index (κ1) is 13.1. The van der Waals surface area contributed by atoms with Crippen molar-refractivity contribution in [2.75, 3.05) is 13.1 Å². The highest BCUT2D eigenvalue weighted by molar-refractivity contribution is 5.36. The molecule has 2 nitrogen and oxygen atoms in total. The van der Waals surface area contributed by atoms with Gasteiger partial charge in [-0.3, -0.25) is 4.90 Å². The molecule has 3 unspecified atom stereocenters. The van der Waals surface area contributed by atoms with Gasteiger partial charge in [-0.05, 0) is 67.7 Å². The third kappa shape index (κ3) is 2.44. The fourth-order valence-electron chi connectivity index (χ4n) is 3.96. The van der Waals surface area contributed by atoms with Gasteiger partial charge in [0.1, 0.15) is 0 Å². The largest absolute Gasteiger partial charge is 0.327 e. The van der Waals surface area contributed by atoms with Gasteiger partial charge in [0, 0.05) is 25.7 Å². The molecule has 2 heteroatoms. The SMILES string of the molecule is Cc1cc(C)c(CN2CC3CCC(N)C3C2)cc1C. The number of aryl methyl sites for hydroxylation is 3. The van der Waals surface area contributed by atoms with Gasteiger partial charge >= 0.3 is 0 Å². The standard InChI is InChI=1S/C17H26N2/c1-11-6-13(3)15(7-12(11)2)9-19-8-14-4-5-17(18)16(14)10-19/h6-7,14,16-17H,4-5,8-10,18H2,1-3H3. The average molecular weight is 258 g/mol. The monoisotopic (exact) mass is 258 g/mol. The number of benzene rings is 1. The van der Waals surface area contributed by atoms with E-state index in [1.807, 2.05) is 0 Å². The molecule has 2 fully saturated rings. The molecule has 0 spiro atoms. The Labute approximate surface area is 117 Å². The summed E-state index contributed by atoms with van der Waals surface area (Å²) in [6.45, 7) is 10.2. The summed E-state index contributed by atoms with van der Waals surface area (Å²) >= 11 is 0. The number of nitrogens with two attached hydrogens (primary N) is 1. The molecule has 2 N–H and O–H groups in total. The molecule has 1 saturated carbocycles. The zero-order valence-electron chi connectivity index (χ0n) is 12.4. The van der Waals surface area contributed by atoms with Gasteiger partial charge < -0.3 is 5.73 Å². The van der Waals surface area contributed by atoms with Crippen LogP contribution >= 0.6 is 0 Å². The van der Waals surface area contributed by atoms with Gasteiger partial charge in [0.15, 0.2) is 0 Å². The molecule has 3 atom stereocenters. The van der Waals surface area contributed by atoms with Crippen molar-refractivity contribution >= 4 is 0 Å². The van der Waals surface area contributed by atoms with Gasteiger partial charge in [0.05, 0.1) is 0 Å². The highest BCUT2D eigenvalue weighted by Gasteiger charge is 2.40. The third-order valence-electron chi connectivity index (χ3n) is 5.33. The van der Waals surface area contributed by atoms with E-state index in [-0.39, 0.29) is 0 Å². The molecule has 2 aliphatic rings. The maximum atomic E-state index is 6.22. The van der Waals surface area contributed by atoms with Crippen LogP contribution < -0.4 is 5.73 Å². The Morgan fingerprint density at radius 1 is 1.05 bits per heavy atom. The summed E-state index contributed by atoms with van der Waals surface area (Å²) in [4.78, 5) is 2.62. The topological polar surface area (TPSA) is 29.3 Å². The fourth-order valence-corrected chi connectivity index (χ4v) is 3.96. The lowest BCUT2D eigenvalue weighted by Gasteiger charge is -2.20. The van der Waals surface area contributed by atoms with Crippen molar-refractivity contribution < 1.29 is 0 Å². The molecule has 0 aromatic heterocycles. The lowest BCUT2D eigenvalue weighted by Crippen LogP contribution is -2.30. The predicted molar refractivity (Wildman–Crippen MR) is 80.1 cm³/mol. The lowest BCUT2D eigenvalue weighted by molar-refractivity contribution is 0.297. The highest BCUT2D eigenvalue weighted by Crippen LogP contribution is 2.37. The molecule has 0 bridgehead atoms. The normalized spacial score (nSPS) is 30.8. The first-order chi connectivity index (χ1) is 9.04. The van der Waals surface area contributed by atoms with E-state index in [1.54, 1.807) is 0 Å². The maximum absolute atomic E-state index is 6.22. The molecule has 3 rings (SSSR count). The summed E-state index contributed by atoms with van der Waals surface area (Å²) in [6, 6.07) is 5.15. The van der Waals surface area contributed by atoms with Crippen molar-refractivity contribution in [1.82, 2.24) is 4.90 Å². The van der Waals surface area contributed by atoms with E-state index in [0.29, 0.717) is 6.04 Å². The second kappa shape index (κ2) is 4.92. The molecule has 19 heavy (non-hydrogen) atoms. The van der Waals surface area contributed by atoms with Crippen LogP contribution in [0.2, 0.25) is 0 Å². The van der Waals surface area contributed by atoms with E-state index in [4.69, 9.17) is 5.73 Å². The summed E-state index contributed by atoms with van der Waals surface area (Å²) in [7, 11) is 0. The van der Waals surface area contributed by atoms with Gasteiger partial charge in [-0.2, -0.15) is 0 Å². The molecular formula is C17H26N2. The molecular weight excluding hydrogens is 232 g/mol. The first-order valence-electron chi connectivity index (χ1n) is 7.59. The first-order valence-corrected chi connectivity index (χ1v) is 7.59. The van der Waals surface area contributed by atoms with Gasteiger partial charge in [0.25, 0.3) is 0 Å². The number of fused-ring (bicyclic) bond motifs is 1. The molecule has 0 radical (unpaired) electrons. The van der Waals surface area contributed by atoms with E-state index >= 15 is 0 Å². The van der Waals surface area contributed by atoms with E-state index in [1.165, 1.54) is 48.2 Å². The van der Waals surface area contributed by atoms with Crippen LogP contribution in [0.25, 0.3) is 0 Å². The lowest BCUT2D eigenvalue weighted by atomic mass is 9.98. The Kier molecular flexibility index (Phi) is 3.40. The van der Waals surface area contributed by atoms with Gasteiger partial charge in [-0.15, -0.1) is 0 Å². The molecule has 1 aliphatic carbocycles. The van der Waals surface area contributed by atoms with E-state index in [9.17, 15) is 0 Å². The van der Waals surface area contributed by atoms with Crippen LogP contribution in [0.4, 0.5) is 0 Å². The van der Waals surface area contributed by atoms with Crippen molar-refractivity contribution in [3.8, 4) is 0 Å². The average Bonchev–Trinajstić information content (AvgIpc) is 2.89. The molecule has 1 heterocycles. The zero-order chi connectivity index (χ0) is 13.6. The van der Waals surface area contributed by atoms with E-state index in [0.717, 1.165) is 18.4 Å². The van der Waals surface area contributed by atoms with Crippen LogP contribution in [0.15, 0.2) is 12.1 Å². The Morgan fingerprint density at radius 2 is 1.79 bits per heavy atom. The second-order valence-electron chi connectivity index (χ2n) is 6.72. The molecule has 0 amide bonds. The summed E-state index contributed by atoms with van der Waals surface area (Å²) in [6.07, 6.45) is 2.58. The Balaban J connectivity index is 1.72. The molecule has 104 valence electrons. The number of likely N-dealkylation sites (tertiary alicyclic amines) is 1. The van der Waals surface area contributed by atoms with Crippen molar-refractivity contribution in [1.29, 1.82) is 0 Å².